The van der Waals surface area contributed by atoms with Crippen LogP contribution in [-0.2, 0) is 4.79 Å². The molecule has 0 aliphatic carbocycles. The minimum Gasteiger partial charge on any atom is -0.426 e. The maximum Gasteiger partial charge on any atom is 0.308 e. The van der Waals surface area contributed by atoms with E-state index in [1.807, 2.05) is 20.8 Å². The minimum atomic E-state index is -0.328. The quantitative estimate of drug-likeness (QED) is 0.696. The SMILES string of the molecule is C=Cc1c(C)nc(C)c(C)c1OC(C)=O. The third-order valence-electron chi connectivity index (χ3n) is 2.30. The molecule has 0 aliphatic heterocycles. The summed E-state index contributed by atoms with van der Waals surface area (Å²) in [5.41, 5.74) is 3.36. The minimum absolute atomic E-state index is 0.328. The molecule has 0 unspecified atom stereocenters. The molecule has 0 saturated carbocycles. The van der Waals surface area contributed by atoms with Crippen molar-refractivity contribution in [2.24, 2.45) is 0 Å². The molecular formula is C12H15NO2. The van der Waals surface area contributed by atoms with E-state index < -0.39 is 0 Å². The van der Waals surface area contributed by atoms with E-state index >= 15 is 0 Å². The van der Waals surface area contributed by atoms with Crippen LogP contribution in [-0.4, -0.2) is 11.0 Å². The molecule has 0 aliphatic rings. The molecule has 15 heavy (non-hydrogen) atoms. The molecule has 0 N–H and O–H groups in total. The molecule has 3 nitrogen and oxygen atoms in total. The number of ether oxygens (including phenoxy) is 1. The van der Waals surface area contributed by atoms with Gasteiger partial charge in [-0.1, -0.05) is 12.7 Å². The lowest BCUT2D eigenvalue weighted by Gasteiger charge is -2.13. The number of pyridine rings is 1. The summed E-state index contributed by atoms with van der Waals surface area (Å²) < 4.78 is 5.18. The van der Waals surface area contributed by atoms with E-state index in [0.29, 0.717) is 5.75 Å². The summed E-state index contributed by atoms with van der Waals surface area (Å²) in [6.45, 7) is 10.7. The Bertz CT molecular complexity index is 422. The molecular weight excluding hydrogens is 190 g/mol. The first kappa shape index (κ1) is 11.4. The predicted octanol–water partition coefficient (Wildman–Crippen LogP) is 2.58. The van der Waals surface area contributed by atoms with Gasteiger partial charge in [0.15, 0.2) is 0 Å². The molecule has 1 aromatic rings. The Kier molecular flexibility index (Phi) is 3.24. The summed E-state index contributed by atoms with van der Waals surface area (Å²) in [6, 6.07) is 0. The van der Waals surface area contributed by atoms with E-state index in [-0.39, 0.29) is 5.97 Å². The highest BCUT2D eigenvalue weighted by molar-refractivity contribution is 5.73. The van der Waals surface area contributed by atoms with Crippen LogP contribution < -0.4 is 4.74 Å². The number of hydrogen-bond acceptors (Lipinski definition) is 3. The second kappa shape index (κ2) is 4.26. The predicted molar refractivity (Wildman–Crippen MR) is 59.8 cm³/mol. The van der Waals surface area contributed by atoms with Crippen molar-refractivity contribution in [3.63, 3.8) is 0 Å². The van der Waals surface area contributed by atoms with Gasteiger partial charge in [0.05, 0.1) is 0 Å². The first-order chi connectivity index (χ1) is 6.97. The van der Waals surface area contributed by atoms with Crippen LogP contribution in [0.3, 0.4) is 0 Å². The van der Waals surface area contributed by atoms with Crippen molar-refractivity contribution < 1.29 is 9.53 Å². The van der Waals surface area contributed by atoms with Gasteiger partial charge in [-0.05, 0) is 20.8 Å². The summed E-state index contributed by atoms with van der Waals surface area (Å²) in [4.78, 5) is 15.3. The fourth-order valence-corrected chi connectivity index (χ4v) is 1.44. The molecule has 1 rings (SSSR count). The third kappa shape index (κ3) is 2.24. The molecule has 1 heterocycles. The fourth-order valence-electron chi connectivity index (χ4n) is 1.44. The Morgan fingerprint density at radius 3 is 2.40 bits per heavy atom. The number of aryl methyl sites for hydroxylation is 2. The Morgan fingerprint density at radius 1 is 1.33 bits per heavy atom. The summed E-state index contributed by atoms with van der Waals surface area (Å²) >= 11 is 0. The zero-order chi connectivity index (χ0) is 11.6. The number of aromatic nitrogens is 1. The van der Waals surface area contributed by atoms with Gasteiger partial charge in [-0.3, -0.25) is 9.78 Å². The number of rotatable bonds is 2. The highest BCUT2D eigenvalue weighted by Crippen LogP contribution is 2.28. The van der Waals surface area contributed by atoms with E-state index in [9.17, 15) is 4.79 Å². The van der Waals surface area contributed by atoms with Crippen molar-refractivity contribution in [1.82, 2.24) is 4.98 Å². The Morgan fingerprint density at radius 2 is 1.93 bits per heavy atom. The van der Waals surface area contributed by atoms with E-state index in [1.54, 1.807) is 6.08 Å². The van der Waals surface area contributed by atoms with Crippen LogP contribution in [0.2, 0.25) is 0 Å². The van der Waals surface area contributed by atoms with E-state index in [2.05, 4.69) is 11.6 Å². The van der Waals surface area contributed by atoms with E-state index in [4.69, 9.17) is 4.74 Å². The zero-order valence-electron chi connectivity index (χ0n) is 9.55. The molecule has 1 aromatic heterocycles. The van der Waals surface area contributed by atoms with Gasteiger partial charge >= 0.3 is 5.97 Å². The lowest BCUT2D eigenvalue weighted by Crippen LogP contribution is -2.07. The van der Waals surface area contributed by atoms with Gasteiger partial charge in [0.2, 0.25) is 0 Å². The molecule has 0 radical (unpaired) electrons. The van der Waals surface area contributed by atoms with Crippen molar-refractivity contribution in [2.45, 2.75) is 27.7 Å². The van der Waals surface area contributed by atoms with Gasteiger partial charge in [-0.25, -0.2) is 0 Å². The lowest BCUT2D eigenvalue weighted by molar-refractivity contribution is -0.131. The van der Waals surface area contributed by atoms with Gasteiger partial charge in [-0.15, -0.1) is 0 Å². The first-order valence-corrected chi connectivity index (χ1v) is 4.76. The molecule has 0 atom stereocenters. The van der Waals surface area contributed by atoms with Crippen molar-refractivity contribution in [1.29, 1.82) is 0 Å². The summed E-state index contributed by atoms with van der Waals surface area (Å²) in [6.07, 6.45) is 1.66. The number of carbonyl (C=O) groups is 1. The largest absolute Gasteiger partial charge is 0.426 e. The number of nitrogens with zero attached hydrogens (tertiary/aromatic N) is 1. The molecule has 3 heteroatoms. The van der Waals surface area contributed by atoms with Crippen molar-refractivity contribution in [2.75, 3.05) is 0 Å². The topological polar surface area (TPSA) is 39.2 Å². The number of carbonyl (C=O) groups excluding carboxylic acids is 1. The van der Waals surface area contributed by atoms with E-state index in [0.717, 1.165) is 22.5 Å². The highest BCUT2D eigenvalue weighted by Gasteiger charge is 2.13. The van der Waals surface area contributed by atoms with Gasteiger partial charge in [-0.2, -0.15) is 0 Å². The Labute approximate surface area is 89.8 Å². The zero-order valence-corrected chi connectivity index (χ0v) is 9.55. The molecule has 0 saturated heterocycles. The van der Waals surface area contributed by atoms with Crippen LogP contribution in [0.1, 0.15) is 29.4 Å². The van der Waals surface area contributed by atoms with Gasteiger partial charge < -0.3 is 4.74 Å². The second-order valence-electron chi connectivity index (χ2n) is 3.45. The van der Waals surface area contributed by atoms with Gasteiger partial charge in [0, 0.05) is 29.4 Å². The van der Waals surface area contributed by atoms with E-state index in [1.165, 1.54) is 6.92 Å². The Balaban J connectivity index is 3.43. The van der Waals surface area contributed by atoms with Gasteiger partial charge in [0.25, 0.3) is 0 Å². The molecule has 0 fully saturated rings. The van der Waals surface area contributed by atoms with Crippen molar-refractivity contribution in [3.05, 3.63) is 29.1 Å². The molecule has 80 valence electrons. The highest BCUT2D eigenvalue weighted by atomic mass is 16.5. The first-order valence-electron chi connectivity index (χ1n) is 4.76. The van der Waals surface area contributed by atoms with Crippen LogP contribution in [0.15, 0.2) is 6.58 Å². The standard InChI is InChI=1S/C12H15NO2/c1-6-11-9(4)13-8(3)7(2)12(11)15-10(5)14/h6H,1H2,2-5H3. The van der Waals surface area contributed by atoms with Crippen LogP contribution in [0, 0.1) is 20.8 Å². The molecule has 0 spiro atoms. The van der Waals surface area contributed by atoms with Gasteiger partial charge in [0.1, 0.15) is 5.75 Å². The second-order valence-corrected chi connectivity index (χ2v) is 3.45. The van der Waals surface area contributed by atoms with Crippen molar-refractivity contribution in [3.8, 4) is 5.75 Å². The van der Waals surface area contributed by atoms with Crippen LogP contribution in [0.5, 0.6) is 5.75 Å². The number of hydrogen-bond donors (Lipinski definition) is 0. The number of esters is 1. The van der Waals surface area contributed by atoms with Crippen molar-refractivity contribution >= 4 is 12.0 Å². The average molecular weight is 205 g/mol. The molecule has 0 amide bonds. The third-order valence-corrected chi connectivity index (χ3v) is 2.30. The summed E-state index contributed by atoms with van der Waals surface area (Å²) in [7, 11) is 0. The maximum atomic E-state index is 11.0. The maximum absolute atomic E-state index is 11.0. The van der Waals surface area contributed by atoms with Crippen LogP contribution in [0.25, 0.3) is 6.08 Å². The average Bonchev–Trinajstić information content (AvgIpc) is 2.13. The monoisotopic (exact) mass is 205 g/mol. The normalized spacial score (nSPS) is 9.87. The fraction of sp³-hybridized carbons (Fsp3) is 0.333. The summed E-state index contributed by atoms with van der Waals surface area (Å²) in [5.74, 6) is 0.244. The smallest absolute Gasteiger partial charge is 0.308 e. The summed E-state index contributed by atoms with van der Waals surface area (Å²) in [5, 5.41) is 0. The van der Waals surface area contributed by atoms with Crippen LogP contribution in [0.4, 0.5) is 0 Å². The lowest BCUT2D eigenvalue weighted by atomic mass is 10.1. The molecule has 0 aromatic carbocycles. The molecule has 0 bridgehead atoms. The van der Waals surface area contributed by atoms with Crippen LogP contribution >= 0.6 is 0 Å². The Hall–Kier alpha value is -1.64.